The van der Waals surface area contributed by atoms with Crippen LogP contribution in [0.4, 0.5) is 5.69 Å². The van der Waals surface area contributed by atoms with Crippen molar-refractivity contribution in [3.63, 3.8) is 0 Å². The van der Waals surface area contributed by atoms with Crippen molar-refractivity contribution >= 4 is 48.9 Å². The van der Waals surface area contributed by atoms with Crippen molar-refractivity contribution in [3.8, 4) is 0 Å². The molecule has 0 aliphatic rings. The molecule has 0 amide bonds. The van der Waals surface area contributed by atoms with Gasteiger partial charge in [0.15, 0.2) is 0 Å². The fraction of sp³-hybridized carbons (Fsp3) is 0.125. The van der Waals surface area contributed by atoms with E-state index in [9.17, 15) is 19.5 Å². The quantitative estimate of drug-likeness (QED) is 0.476. The summed E-state index contributed by atoms with van der Waals surface area (Å²) in [5, 5.41) is 12.0. The molecular weight excluding hydrogens is 270 g/mol. The summed E-state index contributed by atoms with van der Waals surface area (Å²) in [4.78, 5) is 21.8. The summed E-state index contributed by atoms with van der Waals surface area (Å²) < 4.78 is 12.3. The van der Waals surface area contributed by atoms with Crippen molar-refractivity contribution in [3.05, 3.63) is 31.8 Å². The van der Waals surface area contributed by atoms with E-state index in [-0.39, 0.29) is 11.1 Å². The van der Waals surface area contributed by atoms with Crippen LogP contribution in [0.3, 0.4) is 0 Å². The molecule has 16 heavy (non-hydrogen) atoms. The molecule has 5 nitrogen and oxygen atoms in total. The standard InChI is InChI=1S/C8H5NO4S3/c1-16(13)6-2-5(10)8-7(15-6)4(3-14-8)9(11)12/h2-3H,1H3. The van der Waals surface area contributed by atoms with Crippen LogP contribution in [0.5, 0.6) is 0 Å². The summed E-state index contributed by atoms with van der Waals surface area (Å²) in [7, 11) is 0. The first-order chi connectivity index (χ1) is 7.50. The van der Waals surface area contributed by atoms with Crippen molar-refractivity contribution in [2.45, 2.75) is 4.21 Å². The van der Waals surface area contributed by atoms with Crippen molar-refractivity contribution < 1.29 is 9.48 Å². The van der Waals surface area contributed by atoms with E-state index in [1.165, 1.54) is 17.7 Å². The Bertz CT molecular complexity index is 615. The molecule has 1 unspecified atom stereocenters. The SMILES string of the molecule is C[S+]([O-])c1cc(=O)c2scc([N+](=O)[O-])c2s1. The van der Waals surface area contributed by atoms with Gasteiger partial charge in [0, 0.05) is 0 Å². The van der Waals surface area contributed by atoms with Crippen LogP contribution >= 0.6 is 22.7 Å². The second-order valence-corrected chi connectivity index (χ2v) is 6.46. The first kappa shape index (κ1) is 11.5. The molecule has 0 N–H and O–H groups in total. The van der Waals surface area contributed by atoms with E-state index in [4.69, 9.17) is 0 Å². The highest BCUT2D eigenvalue weighted by atomic mass is 32.2. The molecule has 0 radical (unpaired) electrons. The third kappa shape index (κ3) is 1.84. The molecule has 0 aliphatic heterocycles. The lowest BCUT2D eigenvalue weighted by atomic mass is 10.4. The summed E-state index contributed by atoms with van der Waals surface area (Å²) in [6, 6.07) is 1.28. The van der Waals surface area contributed by atoms with E-state index < -0.39 is 16.1 Å². The van der Waals surface area contributed by atoms with Gasteiger partial charge < -0.3 is 4.55 Å². The lowest BCUT2D eigenvalue weighted by molar-refractivity contribution is -0.382. The van der Waals surface area contributed by atoms with Crippen molar-refractivity contribution in [2.75, 3.05) is 6.26 Å². The van der Waals surface area contributed by atoms with Gasteiger partial charge in [-0.1, -0.05) is 11.3 Å². The molecule has 0 bridgehead atoms. The van der Waals surface area contributed by atoms with Gasteiger partial charge in [0.1, 0.15) is 11.0 Å². The number of fused-ring (bicyclic) bond motifs is 1. The number of hydrogen-bond acceptors (Lipinski definition) is 6. The number of nitro groups is 1. The van der Waals surface area contributed by atoms with Crippen molar-refractivity contribution in [1.29, 1.82) is 0 Å². The Kier molecular flexibility index (Phi) is 2.98. The average molecular weight is 275 g/mol. The van der Waals surface area contributed by atoms with Gasteiger partial charge in [-0.2, -0.15) is 0 Å². The topological polar surface area (TPSA) is 83.3 Å². The third-order valence-corrected chi connectivity index (χ3v) is 5.57. The van der Waals surface area contributed by atoms with Crippen LogP contribution in [0, 0.1) is 10.1 Å². The molecule has 0 spiro atoms. The molecule has 0 saturated carbocycles. The van der Waals surface area contributed by atoms with E-state index >= 15 is 0 Å². The van der Waals surface area contributed by atoms with Gasteiger partial charge in [-0.15, -0.1) is 11.3 Å². The minimum Gasteiger partial charge on any atom is -0.611 e. The van der Waals surface area contributed by atoms with Crippen LogP contribution in [-0.4, -0.2) is 15.7 Å². The zero-order valence-corrected chi connectivity index (χ0v) is 10.4. The Morgan fingerprint density at radius 3 is 2.69 bits per heavy atom. The van der Waals surface area contributed by atoms with Crippen molar-refractivity contribution in [1.82, 2.24) is 0 Å². The molecule has 0 saturated heterocycles. The van der Waals surface area contributed by atoms with Crippen LogP contribution in [0.1, 0.15) is 0 Å². The molecule has 84 valence electrons. The van der Waals surface area contributed by atoms with Gasteiger partial charge in [-0.25, -0.2) is 0 Å². The van der Waals surface area contributed by atoms with E-state index in [2.05, 4.69) is 0 Å². The lowest BCUT2D eigenvalue weighted by Gasteiger charge is -2.01. The van der Waals surface area contributed by atoms with Gasteiger partial charge in [0.2, 0.25) is 9.64 Å². The maximum absolute atomic E-state index is 11.6. The number of hydrogen-bond donors (Lipinski definition) is 0. The highest BCUT2D eigenvalue weighted by Crippen LogP contribution is 2.35. The van der Waals surface area contributed by atoms with Gasteiger partial charge in [-0.3, -0.25) is 14.9 Å². The number of nitrogens with zero attached hydrogens (tertiary/aromatic N) is 1. The summed E-state index contributed by atoms with van der Waals surface area (Å²) in [5.41, 5.74) is -0.397. The number of rotatable bonds is 2. The van der Waals surface area contributed by atoms with E-state index in [0.717, 1.165) is 22.7 Å². The maximum atomic E-state index is 11.6. The summed E-state index contributed by atoms with van der Waals surface area (Å²) >= 11 is 0.786. The van der Waals surface area contributed by atoms with Gasteiger partial charge in [0.25, 0.3) is 5.69 Å². The highest BCUT2D eigenvalue weighted by Gasteiger charge is 2.20. The first-order valence-corrected chi connectivity index (χ1v) is 7.29. The molecule has 8 heteroatoms. The van der Waals surface area contributed by atoms with E-state index in [1.54, 1.807) is 0 Å². The van der Waals surface area contributed by atoms with Gasteiger partial charge in [0.05, 0.1) is 21.1 Å². The maximum Gasteiger partial charge on any atom is 0.298 e. The van der Waals surface area contributed by atoms with Crippen LogP contribution in [-0.2, 0) is 11.2 Å². The Balaban J connectivity index is 2.82. The van der Waals surface area contributed by atoms with Crippen LogP contribution < -0.4 is 5.43 Å². The minimum absolute atomic E-state index is 0.0885. The second kappa shape index (κ2) is 4.13. The summed E-state index contributed by atoms with van der Waals surface area (Å²) in [6.07, 6.45) is 1.44. The monoisotopic (exact) mass is 275 g/mol. The summed E-state index contributed by atoms with van der Waals surface area (Å²) in [5.74, 6) is 0. The van der Waals surface area contributed by atoms with E-state index in [1.807, 2.05) is 0 Å². The first-order valence-electron chi connectivity index (χ1n) is 4.04. The Morgan fingerprint density at radius 2 is 2.12 bits per heavy atom. The lowest BCUT2D eigenvalue weighted by Crippen LogP contribution is -2.03. The Labute approximate surface area is 101 Å². The normalized spacial score (nSPS) is 12.9. The zero-order chi connectivity index (χ0) is 11.9. The number of thiophene rings is 1. The Morgan fingerprint density at radius 1 is 1.44 bits per heavy atom. The zero-order valence-electron chi connectivity index (χ0n) is 7.96. The van der Waals surface area contributed by atoms with Gasteiger partial charge >= 0.3 is 0 Å². The predicted molar refractivity (Wildman–Crippen MR) is 65.0 cm³/mol. The minimum atomic E-state index is -1.30. The molecule has 0 aliphatic carbocycles. The largest absolute Gasteiger partial charge is 0.611 e. The fourth-order valence-electron chi connectivity index (χ4n) is 1.18. The third-order valence-electron chi connectivity index (χ3n) is 1.88. The molecule has 2 aromatic heterocycles. The smallest absolute Gasteiger partial charge is 0.298 e. The fourth-order valence-corrected chi connectivity index (χ4v) is 4.13. The van der Waals surface area contributed by atoms with Crippen LogP contribution in [0.25, 0.3) is 9.40 Å². The second-order valence-electron chi connectivity index (χ2n) is 2.92. The van der Waals surface area contributed by atoms with Crippen LogP contribution in [0.15, 0.2) is 20.5 Å². The molecule has 2 aromatic rings. The molecule has 0 aromatic carbocycles. The van der Waals surface area contributed by atoms with E-state index in [0.29, 0.717) is 13.6 Å². The molecule has 2 heterocycles. The highest BCUT2D eigenvalue weighted by molar-refractivity contribution is 7.92. The average Bonchev–Trinajstić information content (AvgIpc) is 2.61. The van der Waals surface area contributed by atoms with Gasteiger partial charge in [-0.05, 0) is 11.2 Å². The summed E-state index contributed by atoms with van der Waals surface area (Å²) in [6.45, 7) is 0. The molecule has 1 atom stereocenters. The molecule has 2 rings (SSSR count). The molecular formula is C8H5NO4S3. The Hall–Kier alpha value is -0.960. The predicted octanol–water partition coefficient (Wildman–Crippen LogP) is 1.97. The van der Waals surface area contributed by atoms with Crippen LogP contribution in [0.2, 0.25) is 0 Å². The van der Waals surface area contributed by atoms with Crippen molar-refractivity contribution in [2.24, 2.45) is 0 Å². The molecule has 0 fully saturated rings.